The molecule has 2 rings (SSSR count). The fourth-order valence-corrected chi connectivity index (χ4v) is 2.58. The highest BCUT2D eigenvalue weighted by Crippen LogP contribution is 2.29. The molecule has 1 aliphatic rings. The topological polar surface area (TPSA) is 66.6 Å². The molecule has 1 aliphatic heterocycles. The summed E-state index contributed by atoms with van der Waals surface area (Å²) >= 11 is 0. The fourth-order valence-electron chi connectivity index (χ4n) is 2.58. The van der Waals surface area contributed by atoms with Gasteiger partial charge in [0, 0.05) is 31.3 Å². The number of para-hydroxylation sites is 1. The first-order valence-electron chi connectivity index (χ1n) is 6.21. The van der Waals surface area contributed by atoms with Gasteiger partial charge in [0.1, 0.15) is 0 Å². The maximum Gasteiger partial charge on any atom is 0.273 e. The first kappa shape index (κ1) is 13.0. The lowest BCUT2D eigenvalue weighted by atomic mass is 9.89. The molecule has 1 fully saturated rings. The van der Waals surface area contributed by atoms with Gasteiger partial charge in [-0.15, -0.1) is 0 Å². The highest BCUT2D eigenvalue weighted by Gasteiger charge is 2.40. The van der Waals surface area contributed by atoms with Crippen molar-refractivity contribution in [3.8, 4) is 0 Å². The van der Waals surface area contributed by atoms with Crippen LogP contribution < -0.4 is 0 Å². The Bertz CT molecular complexity index is 442. The summed E-state index contributed by atoms with van der Waals surface area (Å²) in [4.78, 5) is 12.6. The Morgan fingerprint density at radius 2 is 2.11 bits per heavy atom. The SMILES string of the molecule is CCCC1(O)CN(Cc2ccccc2[N+](=O)[O-])C1. The second-order valence-corrected chi connectivity index (χ2v) is 5.01. The van der Waals surface area contributed by atoms with Crippen molar-refractivity contribution in [3.63, 3.8) is 0 Å². The summed E-state index contributed by atoms with van der Waals surface area (Å²) in [6.45, 7) is 3.78. The van der Waals surface area contributed by atoms with Crippen molar-refractivity contribution in [2.75, 3.05) is 13.1 Å². The van der Waals surface area contributed by atoms with Crippen molar-refractivity contribution in [1.29, 1.82) is 0 Å². The first-order chi connectivity index (χ1) is 8.54. The molecular formula is C13H18N2O3. The molecule has 0 radical (unpaired) electrons. The molecule has 1 aromatic rings. The maximum atomic E-state index is 10.9. The predicted molar refractivity (Wildman–Crippen MR) is 68.2 cm³/mol. The number of nitro groups is 1. The van der Waals surface area contributed by atoms with E-state index in [1.807, 2.05) is 11.8 Å². The van der Waals surface area contributed by atoms with Crippen molar-refractivity contribution in [2.24, 2.45) is 0 Å². The molecule has 0 aromatic heterocycles. The van der Waals surface area contributed by atoms with E-state index >= 15 is 0 Å². The molecule has 98 valence electrons. The van der Waals surface area contributed by atoms with Crippen LogP contribution in [0.2, 0.25) is 0 Å². The molecule has 5 nitrogen and oxygen atoms in total. The van der Waals surface area contributed by atoms with Gasteiger partial charge < -0.3 is 5.11 Å². The molecule has 0 unspecified atom stereocenters. The molecule has 18 heavy (non-hydrogen) atoms. The van der Waals surface area contributed by atoms with E-state index in [1.165, 1.54) is 6.07 Å². The number of aliphatic hydroxyl groups is 1. The summed E-state index contributed by atoms with van der Waals surface area (Å²) in [7, 11) is 0. The van der Waals surface area contributed by atoms with E-state index in [4.69, 9.17) is 0 Å². The Labute approximate surface area is 106 Å². The van der Waals surface area contributed by atoms with Gasteiger partial charge in [0.25, 0.3) is 5.69 Å². The molecule has 0 bridgehead atoms. The molecule has 1 aromatic carbocycles. The number of hydrogen-bond donors (Lipinski definition) is 1. The van der Waals surface area contributed by atoms with Gasteiger partial charge >= 0.3 is 0 Å². The van der Waals surface area contributed by atoms with Crippen LogP contribution in [0.4, 0.5) is 5.69 Å². The summed E-state index contributed by atoms with van der Waals surface area (Å²) in [5.74, 6) is 0. The molecule has 1 N–H and O–H groups in total. The molecule has 0 amide bonds. The number of nitro benzene ring substituents is 1. The van der Waals surface area contributed by atoms with Crippen LogP contribution in [0.5, 0.6) is 0 Å². The summed E-state index contributed by atoms with van der Waals surface area (Å²) in [6, 6.07) is 6.77. The van der Waals surface area contributed by atoms with Gasteiger partial charge in [-0.05, 0) is 6.42 Å². The Morgan fingerprint density at radius 1 is 1.44 bits per heavy atom. The van der Waals surface area contributed by atoms with Crippen molar-refractivity contribution >= 4 is 5.69 Å². The molecule has 0 aliphatic carbocycles. The highest BCUT2D eigenvalue weighted by molar-refractivity contribution is 5.39. The first-order valence-corrected chi connectivity index (χ1v) is 6.21. The zero-order valence-electron chi connectivity index (χ0n) is 10.5. The van der Waals surface area contributed by atoms with Crippen LogP contribution >= 0.6 is 0 Å². The highest BCUT2D eigenvalue weighted by atomic mass is 16.6. The minimum atomic E-state index is -0.585. The van der Waals surface area contributed by atoms with E-state index in [-0.39, 0.29) is 10.6 Å². The summed E-state index contributed by atoms with van der Waals surface area (Å²) in [6.07, 6.45) is 1.75. The van der Waals surface area contributed by atoms with Crippen molar-refractivity contribution in [3.05, 3.63) is 39.9 Å². The number of hydrogen-bond acceptors (Lipinski definition) is 4. The van der Waals surface area contributed by atoms with Gasteiger partial charge in [-0.1, -0.05) is 31.5 Å². The number of nitrogens with zero attached hydrogens (tertiary/aromatic N) is 2. The second kappa shape index (κ2) is 5.04. The Kier molecular flexibility index (Phi) is 3.63. The van der Waals surface area contributed by atoms with E-state index < -0.39 is 5.60 Å². The van der Waals surface area contributed by atoms with Crippen LogP contribution in [0.15, 0.2) is 24.3 Å². The molecule has 0 saturated carbocycles. The van der Waals surface area contributed by atoms with Gasteiger partial charge in [0.15, 0.2) is 0 Å². The number of likely N-dealkylation sites (tertiary alicyclic amines) is 1. The Hall–Kier alpha value is -1.46. The van der Waals surface area contributed by atoms with Gasteiger partial charge in [0.05, 0.1) is 10.5 Å². The van der Waals surface area contributed by atoms with Crippen LogP contribution in [0.1, 0.15) is 25.3 Å². The maximum absolute atomic E-state index is 10.9. The Morgan fingerprint density at radius 3 is 2.72 bits per heavy atom. The van der Waals surface area contributed by atoms with E-state index in [0.717, 1.165) is 12.8 Å². The lowest BCUT2D eigenvalue weighted by molar-refractivity contribution is -0.385. The molecule has 0 spiro atoms. The van der Waals surface area contributed by atoms with E-state index in [9.17, 15) is 15.2 Å². The average molecular weight is 250 g/mol. The standard InChI is InChI=1S/C13H18N2O3/c1-2-7-13(16)9-14(10-13)8-11-5-3-4-6-12(11)15(17)18/h3-6,16H,2,7-10H2,1H3. The lowest BCUT2D eigenvalue weighted by Crippen LogP contribution is -2.60. The molecule has 1 heterocycles. The molecule has 5 heteroatoms. The number of benzene rings is 1. The third-order valence-electron chi connectivity index (χ3n) is 3.33. The van der Waals surface area contributed by atoms with Crippen molar-refractivity contribution in [1.82, 2.24) is 4.90 Å². The van der Waals surface area contributed by atoms with Crippen LogP contribution in [0.25, 0.3) is 0 Å². The lowest BCUT2D eigenvalue weighted by Gasteiger charge is -2.46. The third kappa shape index (κ3) is 2.68. The summed E-state index contributed by atoms with van der Waals surface area (Å²) < 4.78 is 0. The van der Waals surface area contributed by atoms with Crippen molar-refractivity contribution in [2.45, 2.75) is 31.9 Å². The largest absolute Gasteiger partial charge is 0.387 e. The molecular weight excluding hydrogens is 232 g/mol. The summed E-state index contributed by atoms with van der Waals surface area (Å²) in [5, 5.41) is 20.9. The average Bonchev–Trinajstić information content (AvgIpc) is 2.27. The third-order valence-corrected chi connectivity index (χ3v) is 3.33. The zero-order chi connectivity index (χ0) is 13.2. The van der Waals surface area contributed by atoms with Crippen LogP contribution in [0, 0.1) is 10.1 Å². The fraction of sp³-hybridized carbons (Fsp3) is 0.538. The minimum Gasteiger partial charge on any atom is -0.387 e. The molecule has 0 atom stereocenters. The van der Waals surface area contributed by atoms with E-state index in [1.54, 1.807) is 18.2 Å². The van der Waals surface area contributed by atoms with Gasteiger partial charge in [0.2, 0.25) is 0 Å². The minimum absolute atomic E-state index is 0.156. The Balaban J connectivity index is 1.98. The van der Waals surface area contributed by atoms with Crippen LogP contribution in [-0.4, -0.2) is 33.6 Å². The normalized spacial score (nSPS) is 18.3. The number of rotatable bonds is 5. The monoisotopic (exact) mass is 250 g/mol. The van der Waals surface area contributed by atoms with Crippen molar-refractivity contribution < 1.29 is 10.0 Å². The summed E-state index contributed by atoms with van der Waals surface area (Å²) in [5.41, 5.74) is 0.280. The quantitative estimate of drug-likeness (QED) is 0.640. The number of β-amino-alcohol motifs (C(OH)–C–C–N with tert-alkyl or cyclic N) is 1. The zero-order valence-corrected chi connectivity index (χ0v) is 10.5. The van der Waals surface area contributed by atoms with Gasteiger partial charge in [-0.3, -0.25) is 15.0 Å². The molecule has 1 saturated heterocycles. The smallest absolute Gasteiger partial charge is 0.273 e. The predicted octanol–water partition coefficient (Wildman–Crippen LogP) is 1.94. The van der Waals surface area contributed by atoms with Gasteiger partial charge in [-0.2, -0.15) is 0 Å². The van der Waals surface area contributed by atoms with E-state index in [2.05, 4.69) is 0 Å². The van der Waals surface area contributed by atoms with Gasteiger partial charge in [-0.25, -0.2) is 0 Å². The second-order valence-electron chi connectivity index (χ2n) is 5.01. The van der Waals surface area contributed by atoms with Crippen LogP contribution in [-0.2, 0) is 6.54 Å². The van der Waals surface area contributed by atoms with E-state index in [0.29, 0.717) is 25.2 Å². The van der Waals surface area contributed by atoms with Crippen LogP contribution in [0.3, 0.4) is 0 Å².